The van der Waals surface area contributed by atoms with Crippen molar-refractivity contribution in [2.24, 2.45) is 5.92 Å². The molecule has 3 aromatic rings. The average molecular weight is 392 g/mol. The Balaban J connectivity index is 1.69. The number of esters is 1. The maximum Gasteiger partial charge on any atom is 0.311 e. The normalized spacial score (nSPS) is 11.7. The molecule has 1 aromatic heterocycles. The van der Waals surface area contributed by atoms with Gasteiger partial charge in [-0.15, -0.1) is 0 Å². The summed E-state index contributed by atoms with van der Waals surface area (Å²) in [6.07, 6.45) is 0.479. The summed E-state index contributed by atoms with van der Waals surface area (Å²) in [5.74, 6) is -0.382. The zero-order valence-corrected chi connectivity index (χ0v) is 16.6. The van der Waals surface area contributed by atoms with Crippen molar-refractivity contribution < 1.29 is 18.7 Å². The molecule has 2 aromatic carbocycles. The average Bonchev–Trinajstić information content (AvgIpc) is 3.14. The fraction of sp³-hybridized carbons (Fsp3) is 0.261. The van der Waals surface area contributed by atoms with E-state index in [4.69, 9.17) is 9.15 Å². The van der Waals surface area contributed by atoms with Gasteiger partial charge in [0, 0.05) is 12.1 Å². The minimum Gasteiger partial charge on any atom is -0.466 e. The third kappa shape index (κ3) is 5.31. The molecule has 0 aliphatic heterocycles. The lowest BCUT2D eigenvalue weighted by Gasteiger charge is -2.16. The maximum absolute atomic E-state index is 12.7. The quantitative estimate of drug-likeness (QED) is 0.590. The first-order chi connectivity index (χ1) is 14.1. The molecular formula is C23H24N2O4. The van der Waals surface area contributed by atoms with Gasteiger partial charge in [-0.2, -0.15) is 0 Å². The lowest BCUT2D eigenvalue weighted by atomic mass is 9.99. The molecule has 1 amide bonds. The van der Waals surface area contributed by atoms with Crippen LogP contribution in [0.1, 0.15) is 28.7 Å². The molecule has 3 rings (SSSR count). The van der Waals surface area contributed by atoms with Gasteiger partial charge in [0.25, 0.3) is 5.91 Å². The summed E-state index contributed by atoms with van der Waals surface area (Å²) in [5.41, 5.74) is 2.01. The molecule has 0 saturated heterocycles. The van der Waals surface area contributed by atoms with E-state index >= 15 is 0 Å². The molecule has 1 N–H and O–H groups in total. The van der Waals surface area contributed by atoms with Crippen LogP contribution >= 0.6 is 0 Å². The molecule has 6 heteroatoms. The summed E-state index contributed by atoms with van der Waals surface area (Å²) in [6, 6.07) is 19.0. The molecule has 0 bridgehead atoms. The number of ether oxygens (including phenoxy) is 1. The Labute approximate surface area is 169 Å². The van der Waals surface area contributed by atoms with E-state index in [9.17, 15) is 9.59 Å². The van der Waals surface area contributed by atoms with Gasteiger partial charge in [0.1, 0.15) is 5.76 Å². The second-order valence-electron chi connectivity index (χ2n) is 6.64. The predicted octanol–water partition coefficient (Wildman–Crippen LogP) is 3.80. The summed E-state index contributed by atoms with van der Waals surface area (Å²) in [5, 5.41) is 2.80. The highest BCUT2D eigenvalue weighted by atomic mass is 16.5. The first kappa shape index (κ1) is 20.3. The monoisotopic (exact) mass is 392 g/mol. The predicted molar refractivity (Wildman–Crippen MR) is 109 cm³/mol. The van der Waals surface area contributed by atoms with Crippen molar-refractivity contribution in [2.45, 2.75) is 20.3 Å². The number of hydrogen-bond donors (Lipinski definition) is 1. The zero-order valence-electron chi connectivity index (χ0n) is 16.6. The van der Waals surface area contributed by atoms with Gasteiger partial charge in [-0.3, -0.25) is 9.59 Å². The Kier molecular flexibility index (Phi) is 6.79. The lowest BCUT2D eigenvalue weighted by molar-refractivity contribution is -0.147. The topological polar surface area (TPSA) is 81.4 Å². The van der Waals surface area contributed by atoms with Crippen LogP contribution in [0.25, 0.3) is 11.5 Å². The molecule has 1 heterocycles. The number of aromatic nitrogens is 1. The molecule has 0 aliphatic carbocycles. The highest BCUT2D eigenvalue weighted by Crippen LogP contribution is 2.21. The molecule has 150 valence electrons. The number of aryl methyl sites for hydroxylation is 1. The van der Waals surface area contributed by atoms with E-state index in [1.165, 1.54) is 0 Å². The first-order valence-electron chi connectivity index (χ1n) is 9.60. The van der Waals surface area contributed by atoms with Crippen molar-refractivity contribution in [3.05, 3.63) is 77.7 Å². The maximum atomic E-state index is 12.7. The van der Waals surface area contributed by atoms with Crippen LogP contribution in [0.4, 0.5) is 0 Å². The van der Waals surface area contributed by atoms with Gasteiger partial charge in [0.05, 0.1) is 12.5 Å². The zero-order chi connectivity index (χ0) is 20.6. The SMILES string of the molecule is CCOC(=O)C(CNC(=O)c1nc(-c2ccccc2)oc1C)Cc1ccccc1. The third-order valence-electron chi connectivity index (χ3n) is 4.49. The van der Waals surface area contributed by atoms with E-state index in [-0.39, 0.29) is 24.1 Å². The van der Waals surface area contributed by atoms with Crippen molar-refractivity contribution >= 4 is 11.9 Å². The molecule has 29 heavy (non-hydrogen) atoms. The number of nitrogens with zero attached hydrogens (tertiary/aromatic N) is 1. The van der Waals surface area contributed by atoms with E-state index in [0.717, 1.165) is 11.1 Å². The highest BCUT2D eigenvalue weighted by Gasteiger charge is 2.23. The summed E-state index contributed by atoms with van der Waals surface area (Å²) in [6.45, 7) is 3.90. The van der Waals surface area contributed by atoms with Gasteiger partial charge < -0.3 is 14.5 Å². The molecule has 1 atom stereocenters. The summed E-state index contributed by atoms with van der Waals surface area (Å²) in [7, 11) is 0. The molecule has 0 radical (unpaired) electrons. The Hall–Kier alpha value is -3.41. The van der Waals surface area contributed by atoms with Crippen LogP contribution in [0.5, 0.6) is 0 Å². The van der Waals surface area contributed by atoms with Gasteiger partial charge in [0.15, 0.2) is 5.69 Å². The van der Waals surface area contributed by atoms with Gasteiger partial charge in [0.2, 0.25) is 5.89 Å². The van der Waals surface area contributed by atoms with E-state index in [1.54, 1.807) is 13.8 Å². The summed E-state index contributed by atoms with van der Waals surface area (Å²) in [4.78, 5) is 29.3. The van der Waals surface area contributed by atoms with E-state index in [0.29, 0.717) is 24.7 Å². The summed E-state index contributed by atoms with van der Waals surface area (Å²) < 4.78 is 10.8. The Morgan fingerprint density at radius 3 is 2.38 bits per heavy atom. The minimum absolute atomic E-state index is 0.152. The molecule has 0 saturated carbocycles. The molecule has 1 unspecified atom stereocenters. The smallest absolute Gasteiger partial charge is 0.311 e. The second-order valence-corrected chi connectivity index (χ2v) is 6.64. The fourth-order valence-electron chi connectivity index (χ4n) is 3.01. The minimum atomic E-state index is -0.484. The van der Waals surface area contributed by atoms with Crippen molar-refractivity contribution in [3.63, 3.8) is 0 Å². The molecule has 0 aliphatic rings. The fourth-order valence-corrected chi connectivity index (χ4v) is 3.01. The summed E-state index contributed by atoms with van der Waals surface area (Å²) >= 11 is 0. The van der Waals surface area contributed by atoms with Crippen LogP contribution in [-0.2, 0) is 16.0 Å². The second kappa shape index (κ2) is 9.68. The van der Waals surface area contributed by atoms with Crippen LogP contribution in [0.2, 0.25) is 0 Å². The van der Waals surface area contributed by atoms with Crippen LogP contribution in [0.15, 0.2) is 65.1 Å². The number of carbonyl (C=O) groups excluding carboxylic acids is 2. The van der Waals surface area contributed by atoms with Crippen LogP contribution in [-0.4, -0.2) is 30.0 Å². The Bertz CT molecular complexity index is 952. The van der Waals surface area contributed by atoms with Gasteiger partial charge >= 0.3 is 5.97 Å². The van der Waals surface area contributed by atoms with E-state index < -0.39 is 5.92 Å². The molecule has 0 fully saturated rings. The number of nitrogens with one attached hydrogen (secondary N) is 1. The Morgan fingerprint density at radius 2 is 1.72 bits per heavy atom. The van der Waals surface area contributed by atoms with Crippen LogP contribution in [0, 0.1) is 12.8 Å². The number of oxazole rings is 1. The van der Waals surface area contributed by atoms with Crippen molar-refractivity contribution in [1.82, 2.24) is 10.3 Å². The van der Waals surface area contributed by atoms with Crippen molar-refractivity contribution in [1.29, 1.82) is 0 Å². The largest absolute Gasteiger partial charge is 0.466 e. The Morgan fingerprint density at radius 1 is 1.07 bits per heavy atom. The molecule has 0 spiro atoms. The lowest BCUT2D eigenvalue weighted by Crippen LogP contribution is -2.35. The third-order valence-corrected chi connectivity index (χ3v) is 4.49. The number of amides is 1. The van der Waals surface area contributed by atoms with Crippen molar-refractivity contribution in [3.8, 4) is 11.5 Å². The molecular weight excluding hydrogens is 368 g/mol. The first-order valence-corrected chi connectivity index (χ1v) is 9.60. The number of rotatable bonds is 8. The van der Waals surface area contributed by atoms with Gasteiger partial charge in [-0.25, -0.2) is 4.98 Å². The van der Waals surface area contributed by atoms with Crippen LogP contribution < -0.4 is 5.32 Å². The van der Waals surface area contributed by atoms with Gasteiger partial charge in [-0.1, -0.05) is 48.5 Å². The number of carbonyl (C=O) groups is 2. The van der Waals surface area contributed by atoms with Gasteiger partial charge in [-0.05, 0) is 38.0 Å². The number of hydrogen-bond acceptors (Lipinski definition) is 5. The number of benzene rings is 2. The van der Waals surface area contributed by atoms with E-state index in [2.05, 4.69) is 10.3 Å². The standard InChI is InChI=1S/C23H24N2O4/c1-3-28-23(27)19(14-17-10-6-4-7-11-17)15-24-21(26)20-16(2)29-22(25-20)18-12-8-5-9-13-18/h4-13,19H,3,14-15H2,1-2H3,(H,24,26). The highest BCUT2D eigenvalue weighted by molar-refractivity contribution is 5.94. The van der Waals surface area contributed by atoms with Crippen molar-refractivity contribution in [2.75, 3.05) is 13.2 Å². The van der Waals surface area contributed by atoms with Crippen LogP contribution in [0.3, 0.4) is 0 Å². The van der Waals surface area contributed by atoms with E-state index in [1.807, 2.05) is 60.7 Å². The molecule has 6 nitrogen and oxygen atoms in total.